The smallest absolute Gasteiger partial charge is 0.0833 e. The normalized spacial score (nSPS) is 32.9. The topological polar surface area (TPSA) is 32.3 Å². The van der Waals surface area contributed by atoms with Gasteiger partial charge >= 0.3 is 0 Å². The molecule has 2 atom stereocenters. The average Bonchev–Trinajstić information content (AvgIpc) is 2.62. The average molecular weight is 259 g/mol. The Bertz CT molecular complexity index is 410. The molecule has 0 amide bonds. The van der Waals surface area contributed by atoms with E-state index in [-0.39, 0.29) is 0 Å². The lowest BCUT2D eigenvalue weighted by Gasteiger charge is -2.34. The van der Waals surface area contributed by atoms with Gasteiger partial charge in [-0.25, -0.2) is 0 Å². The van der Waals surface area contributed by atoms with Crippen LogP contribution in [0, 0.1) is 11.8 Å². The number of nitrogens with one attached hydrogen (secondary N) is 1. The minimum atomic E-state index is -0.492. The van der Waals surface area contributed by atoms with Gasteiger partial charge in [-0.15, -0.1) is 0 Å². The number of aliphatic hydroxyl groups is 1. The molecule has 2 aliphatic rings. The third-order valence-corrected chi connectivity index (χ3v) is 5.16. The third kappa shape index (κ3) is 2.32. The fourth-order valence-corrected chi connectivity index (χ4v) is 4.03. The standard InChI is InChI=1S/C17H25NO/c1-2-9-18-12-17(19)15-7-8-16(17)11-14-6-4-3-5-13(14)10-15/h3-6,15-16,18-19H,2,7-12H2,1H3. The van der Waals surface area contributed by atoms with Gasteiger partial charge in [0.15, 0.2) is 0 Å². The van der Waals surface area contributed by atoms with Gasteiger partial charge in [0.2, 0.25) is 0 Å². The first kappa shape index (κ1) is 13.1. The lowest BCUT2D eigenvalue weighted by atomic mass is 9.82. The molecule has 0 aliphatic heterocycles. The summed E-state index contributed by atoms with van der Waals surface area (Å²) in [5, 5.41) is 14.6. The van der Waals surface area contributed by atoms with Crippen molar-refractivity contribution in [2.75, 3.05) is 13.1 Å². The summed E-state index contributed by atoms with van der Waals surface area (Å²) in [5.74, 6) is 0.871. The number of hydrogen-bond acceptors (Lipinski definition) is 2. The summed E-state index contributed by atoms with van der Waals surface area (Å²) in [6.45, 7) is 3.95. The van der Waals surface area contributed by atoms with Gasteiger partial charge in [0, 0.05) is 6.54 Å². The van der Waals surface area contributed by atoms with Gasteiger partial charge < -0.3 is 10.4 Å². The van der Waals surface area contributed by atoms with Crippen molar-refractivity contribution in [2.45, 2.75) is 44.6 Å². The molecule has 0 saturated heterocycles. The molecular formula is C17H25NO. The van der Waals surface area contributed by atoms with Crippen LogP contribution in [0.5, 0.6) is 0 Å². The number of benzene rings is 1. The van der Waals surface area contributed by atoms with Crippen LogP contribution < -0.4 is 5.32 Å². The monoisotopic (exact) mass is 259 g/mol. The van der Waals surface area contributed by atoms with E-state index in [0.717, 1.165) is 32.4 Å². The summed E-state index contributed by atoms with van der Waals surface area (Å²) in [7, 11) is 0. The second-order valence-electron chi connectivity index (χ2n) is 6.32. The molecule has 0 heterocycles. The summed E-state index contributed by atoms with van der Waals surface area (Å²) in [6.07, 6.45) is 5.60. The minimum Gasteiger partial charge on any atom is -0.388 e. The maximum atomic E-state index is 11.2. The molecule has 19 heavy (non-hydrogen) atoms. The first-order chi connectivity index (χ1) is 9.24. The van der Waals surface area contributed by atoms with Crippen LogP contribution in [0.25, 0.3) is 0 Å². The maximum absolute atomic E-state index is 11.2. The van der Waals surface area contributed by atoms with Crippen molar-refractivity contribution in [1.82, 2.24) is 5.32 Å². The molecule has 0 aromatic heterocycles. The Morgan fingerprint density at radius 2 is 1.74 bits per heavy atom. The van der Waals surface area contributed by atoms with Crippen LogP contribution >= 0.6 is 0 Å². The molecule has 2 bridgehead atoms. The van der Waals surface area contributed by atoms with E-state index in [1.54, 1.807) is 0 Å². The Kier molecular flexibility index (Phi) is 3.64. The molecule has 1 aromatic carbocycles. The van der Waals surface area contributed by atoms with Crippen LogP contribution in [0.4, 0.5) is 0 Å². The molecule has 3 rings (SSSR count). The highest BCUT2D eigenvalue weighted by atomic mass is 16.3. The van der Waals surface area contributed by atoms with Gasteiger partial charge in [-0.2, -0.15) is 0 Å². The molecule has 2 aliphatic carbocycles. The fraction of sp³-hybridized carbons (Fsp3) is 0.647. The molecule has 2 nitrogen and oxygen atoms in total. The first-order valence-electron chi connectivity index (χ1n) is 7.74. The predicted octanol–water partition coefficient (Wildman–Crippen LogP) is 2.54. The number of rotatable bonds is 4. The fourth-order valence-electron chi connectivity index (χ4n) is 4.03. The van der Waals surface area contributed by atoms with Crippen molar-refractivity contribution in [3.63, 3.8) is 0 Å². The quantitative estimate of drug-likeness (QED) is 0.815. The summed E-state index contributed by atoms with van der Waals surface area (Å²) < 4.78 is 0. The lowest BCUT2D eigenvalue weighted by molar-refractivity contribution is -0.0317. The van der Waals surface area contributed by atoms with Gasteiger partial charge in [0.1, 0.15) is 0 Å². The van der Waals surface area contributed by atoms with E-state index in [0.29, 0.717) is 11.8 Å². The zero-order chi connectivity index (χ0) is 13.3. The highest BCUT2D eigenvalue weighted by Gasteiger charge is 2.49. The van der Waals surface area contributed by atoms with Crippen molar-refractivity contribution >= 4 is 0 Å². The molecule has 1 saturated carbocycles. The molecule has 104 valence electrons. The molecule has 2 unspecified atom stereocenters. The number of fused-ring (bicyclic) bond motifs is 3. The van der Waals surface area contributed by atoms with Crippen LogP contribution in [0.3, 0.4) is 0 Å². The Morgan fingerprint density at radius 3 is 2.26 bits per heavy atom. The van der Waals surface area contributed by atoms with E-state index in [1.165, 1.54) is 24.0 Å². The lowest BCUT2D eigenvalue weighted by Crippen LogP contribution is -2.49. The Balaban J connectivity index is 1.82. The van der Waals surface area contributed by atoms with Crippen LogP contribution in [0.15, 0.2) is 24.3 Å². The van der Waals surface area contributed by atoms with Gasteiger partial charge in [0.05, 0.1) is 5.60 Å². The van der Waals surface area contributed by atoms with Crippen LogP contribution in [-0.2, 0) is 12.8 Å². The van der Waals surface area contributed by atoms with Crippen LogP contribution in [-0.4, -0.2) is 23.8 Å². The second kappa shape index (κ2) is 5.26. The van der Waals surface area contributed by atoms with Crippen molar-refractivity contribution in [3.05, 3.63) is 35.4 Å². The Labute approximate surface area is 116 Å². The molecular weight excluding hydrogens is 234 g/mol. The van der Waals surface area contributed by atoms with Gasteiger partial charge in [-0.3, -0.25) is 0 Å². The number of hydrogen-bond donors (Lipinski definition) is 2. The predicted molar refractivity (Wildman–Crippen MR) is 78.2 cm³/mol. The van der Waals surface area contributed by atoms with Crippen molar-refractivity contribution < 1.29 is 5.11 Å². The van der Waals surface area contributed by atoms with E-state index >= 15 is 0 Å². The molecule has 0 spiro atoms. The minimum absolute atomic E-state index is 0.436. The van der Waals surface area contributed by atoms with Gasteiger partial charge in [0.25, 0.3) is 0 Å². The Hall–Kier alpha value is -0.860. The van der Waals surface area contributed by atoms with E-state index in [2.05, 4.69) is 36.5 Å². The third-order valence-electron chi connectivity index (χ3n) is 5.16. The van der Waals surface area contributed by atoms with Crippen LogP contribution in [0.1, 0.15) is 37.3 Å². The summed E-state index contributed by atoms with van der Waals surface area (Å²) in [6, 6.07) is 8.75. The van der Waals surface area contributed by atoms with E-state index in [1.807, 2.05) is 0 Å². The van der Waals surface area contributed by atoms with Crippen LogP contribution in [0.2, 0.25) is 0 Å². The molecule has 2 N–H and O–H groups in total. The van der Waals surface area contributed by atoms with Gasteiger partial charge in [-0.1, -0.05) is 31.2 Å². The molecule has 0 radical (unpaired) electrons. The highest BCUT2D eigenvalue weighted by molar-refractivity contribution is 5.31. The zero-order valence-corrected chi connectivity index (χ0v) is 11.9. The van der Waals surface area contributed by atoms with E-state index < -0.39 is 5.60 Å². The molecule has 2 heteroatoms. The van der Waals surface area contributed by atoms with Gasteiger partial charge in [-0.05, 0) is 61.6 Å². The molecule has 1 fully saturated rings. The maximum Gasteiger partial charge on any atom is 0.0833 e. The van der Waals surface area contributed by atoms with E-state index in [4.69, 9.17) is 0 Å². The largest absolute Gasteiger partial charge is 0.388 e. The first-order valence-corrected chi connectivity index (χ1v) is 7.74. The second-order valence-corrected chi connectivity index (χ2v) is 6.32. The summed E-state index contributed by atoms with van der Waals surface area (Å²) in [5.41, 5.74) is 2.43. The van der Waals surface area contributed by atoms with Crippen molar-refractivity contribution in [3.8, 4) is 0 Å². The SMILES string of the molecule is CCCNCC1(O)C2CCC1Cc1ccccc1C2. The van der Waals surface area contributed by atoms with E-state index in [9.17, 15) is 5.11 Å². The Morgan fingerprint density at radius 1 is 1.16 bits per heavy atom. The highest BCUT2D eigenvalue weighted by Crippen LogP contribution is 2.46. The zero-order valence-electron chi connectivity index (χ0n) is 11.9. The van der Waals surface area contributed by atoms with Crippen molar-refractivity contribution in [2.24, 2.45) is 11.8 Å². The summed E-state index contributed by atoms with van der Waals surface area (Å²) >= 11 is 0. The molecule has 1 aromatic rings. The van der Waals surface area contributed by atoms with Crippen molar-refractivity contribution in [1.29, 1.82) is 0 Å². The summed E-state index contributed by atoms with van der Waals surface area (Å²) in [4.78, 5) is 0.